The van der Waals surface area contributed by atoms with Crippen molar-refractivity contribution in [3.63, 3.8) is 0 Å². The lowest BCUT2D eigenvalue weighted by Crippen LogP contribution is -2.61. The van der Waals surface area contributed by atoms with E-state index in [0.717, 1.165) is 6.54 Å². The summed E-state index contributed by atoms with van der Waals surface area (Å²) in [6, 6.07) is 0. The first-order valence-electron chi connectivity index (χ1n) is 5.30. The minimum atomic E-state index is -0.898. The van der Waals surface area contributed by atoms with Gasteiger partial charge in [0.1, 0.15) is 11.6 Å². The lowest BCUT2D eigenvalue weighted by molar-refractivity contribution is -0.141. The number of likely N-dealkylation sites (tertiary alicyclic amines) is 1. The van der Waals surface area contributed by atoms with Crippen molar-refractivity contribution < 1.29 is 19.4 Å². The third-order valence-corrected chi connectivity index (χ3v) is 3.56. The summed E-state index contributed by atoms with van der Waals surface area (Å²) >= 11 is 0. The molecule has 0 aromatic rings. The average molecular weight is 228 g/mol. The molecule has 2 aliphatic heterocycles. The van der Waals surface area contributed by atoms with Crippen molar-refractivity contribution in [2.24, 2.45) is 0 Å². The van der Waals surface area contributed by atoms with Crippen LogP contribution in [-0.4, -0.2) is 65.8 Å². The molecular formula is C10H16N2O4. The van der Waals surface area contributed by atoms with E-state index in [2.05, 4.69) is 0 Å². The highest BCUT2D eigenvalue weighted by molar-refractivity contribution is 5.76. The third kappa shape index (κ3) is 1.53. The minimum Gasteiger partial charge on any atom is -0.481 e. The summed E-state index contributed by atoms with van der Waals surface area (Å²) in [5.74, 6) is -0.898. The zero-order valence-electron chi connectivity index (χ0n) is 9.47. The summed E-state index contributed by atoms with van der Waals surface area (Å²) in [5, 5.41) is 8.99. The van der Waals surface area contributed by atoms with E-state index in [1.807, 2.05) is 11.9 Å². The van der Waals surface area contributed by atoms with Crippen molar-refractivity contribution in [1.29, 1.82) is 0 Å². The highest BCUT2D eigenvalue weighted by Crippen LogP contribution is 2.37. The number of ether oxygens (including phenoxy) is 1. The summed E-state index contributed by atoms with van der Waals surface area (Å²) in [6.45, 7) is 1.37. The van der Waals surface area contributed by atoms with Crippen molar-refractivity contribution in [2.75, 3.05) is 27.2 Å². The molecule has 16 heavy (non-hydrogen) atoms. The lowest BCUT2D eigenvalue weighted by Gasteiger charge is -2.43. The maximum Gasteiger partial charge on any atom is 0.410 e. The smallest absolute Gasteiger partial charge is 0.410 e. The second kappa shape index (κ2) is 3.62. The highest BCUT2D eigenvalue weighted by Gasteiger charge is 2.56. The number of carboxylic acids is 1. The van der Waals surface area contributed by atoms with E-state index in [4.69, 9.17) is 9.84 Å². The molecule has 2 unspecified atom stereocenters. The molecule has 90 valence electrons. The highest BCUT2D eigenvalue weighted by atomic mass is 16.6. The van der Waals surface area contributed by atoms with Crippen molar-refractivity contribution >= 4 is 12.1 Å². The van der Waals surface area contributed by atoms with Gasteiger partial charge < -0.3 is 14.7 Å². The van der Waals surface area contributed by atoms with Crippen molar-refractivity contribution in [2.45, 2.75) is 24.5 Å². The van der Waals surface area contributed by atoms with E-state index in [1.54, 1.807) is 7.05 Å². The van der Waals surface area contributed by atoms with Gasteiger partial charge in [0.2, 0.25) is 0 Å². The molecule has 6 heteroatoms. The number of carbonyl (C=O) groups is 2. The summed E-state index contributed by atoms with van der Waals surface area (Å²) < 4.78 is 5.23. The molecule has 0 radical (unpaired) electrons. The number of nitrogens with zero attached hydrogens (tertiary/aromatic N) is 2. The Kier molecular flexibility index (Phi) is 2.53. The Morgan fingerprint density at radius 3 is 2.94 bits per heavy atom. The van der Waals surface area contributed by atoms with Gasteiger partial charge in [0, 0.05) is 20.1 Å². The number of rotatable bonds is 2. The Morgan fingerprint density at radius 1 is 1.62 bits per heavy atom. The molecule has 2 saturated heterocycles. The molecule has 2 atom stereocenters. The van der Waals surface area contributed by atoms with Crippen LogP contribution >= 0.6 is 0 Å². The molecule has 2 aliphatic rings. The van der Waals surface area contributed by atoms with Crippen LogP contribution in [0.2, 0.25) is 0 Å². The number of fused-ring (bicyclic) bond motifs is 1. The van der Waals surface area contributed by atoms with Crippen molar-refractivity contribution in [1.82, 2.24) is 9.80 Å². The summed E-state index contributed by atoms with van der Waals surface area (Å²) in [5.41, 5.74) is -0.698. The molecule has 2 heterocycles. The van der Waals surface area contributed by atoms with Crippen LogP contribution < -0.4 is 0 Å². The van der Waals surface area contributed by atoms with Crippen molar-refractivity contribution in [3.8, 4) is 0 Å². The van der Waals surface area contributed by atoms with E-state index in [-0.39, 0.29) is 12.5 Å². The quantitative estimate of drug-likeness (QED) is 0.719. The Bertz CT molecular complexity index is 333. The number of carboxylic acid groups (broad SMARTS) is 1. The van der Waals surface area contributed by atoms with E-state index >= 15 is 0 Å². The van der Waals surface area contributed by atoms with Gasteiger partial charge in [-0.15, -0.1) is 0 Å². The van der Waals surface area contributed by atoms with Crippen LogP contribution in [0.5, 0.6) is 0 Å². The average Bonchev–Trinajstić information content (AvgIpc) is 2.40. The van der Waals surface area contributed by atoms with Gasteiger partial charge >= 0.3 is 12.1 Å². The molecular weight excluding hydrogens is 212 g/mol. The van der Waals surface area contributed by atoms with Crippen LogP contribution in [0.15, 0.2) is 0 Å². The normalized spacial score (nSPS) is 34.8. The number of hydrogen-bond donors (Lipinski definition) is 1. The lowest BCUT2D eigenvalue weighted by atomic mass is 9.83. The maximum atomic E-state index is 11.5. The maximum absolute atomic E-state index is 11.5. The Balaban J connectivity index is 2.31. The summed E-state index contributed by atoms with van der Waals surface area (Å²) in [7, 11) is 3.54. The number of carbonyl (C=O) groups excluding carboxylic acids is 1. The van der Waals surface area contributed by atoms with Gasteiger partial charge in [0.25, 0.3) is 0 Å². The fraction of sp³-hybridized carbons (Fsp3) is 0.800. The molecule has 1 N–H and O–H groups in total. The molecule has 1 amide bonds. The first-order chi connectivity index (χ1) is 7.45. The number of amides is 1. The molecule has 2 rings (SSSR count). The van der Waals surface area contributed by atoms with Gasteiger partial charge in [-0.25, -0.2) is 4.79 Å². The topological polar surface area (TPSA) is 70.1 Å². The van der Waals surface area contributed by atoms with E-state index in [9.17, 15) is 9.59 Å². The van der Waals surface area contributed by atoms with E-state index < -0.39 is 17.6 Å². The molecule has 2 fully saturated rings. The van der Waals surface area contributed by atoms with Gasteiger partial charge in [0.15, 0.2) is 0 Å². The summed E-state index contributed by atoms with van der Waals surface area (Å²) in [6.07, 6.45) is -0.0803. The Morgan fingerprint density at radius 2 is 2.31 bits per heavy atom. The van der Waals surface area contributed by atoms with Crippen LogP contribution in [0.3, 0.4) is 0 Å². The number of piperidine rings is 1. The van der Waals surface area contributed by atoms with Gasteiger partial charge in [-0.1, -0.05) is 0 Å². The minimum absolute atomic E-state index is 0.0652. The fourth-order valence-electron chi connectivity index (χ4n) is 2.68. The SMILES string of the molecule is CN1CCC2OC(=O)N(C)C2(CC(=O)O)C1. The predicted molar refractivity (Wildman–Crippen MR) is 55.1 cm³/mol. The first kappa shape index (κ1) is 11.2. The molecule has 6 nitrogen and oxygen atoms in total. The van der Waals surface area contributed by atoms with Crippen LogP contribution in [0.25, 0.3) is 0 Å². The number of likely N-dealkylation sites (N-methyl/N-ethyl adjacent to an activating group) is 2. The van der Waals surface area contributed by atoms with Gasteiger partial charge in [-0.05, 0) is 13.5 Å². The third-order valence-electron chi connectivity index (χ3n) is 3.56. The first-order valence-corrected chi connectivity index (χ1v) is 5.30. The van der Waals surface area contributed by atoms with Gasteiger partial charge in [-0.3, -0.25) is 9.69 Å². The molecule has 0 aromatic heterocycles. The Labute approximate surface area is 93.8 Å². The van der Waals surface area contributed by atoms with Crippen molar-refractivity contribution in [3.05, 3.63) is 0 Å². The molecule has 0 aliphatic carbocycles. The summed E-state index contributed by atoms with van der Waals surface area (Å²) in [4.78, 5) is 26.0. The molecule has 0 aromatic carbocycles. The van der Waals surface area contributed by atoms with Crippen LogP contribution in [0.4, 0.5) is 4.79 Å². The van der Waals surface area contributed by atoms with Crippen LogP contribution in [0.1, 0.15) is 12.8 Å². The largest absolute Gasteiger partial charge is 0.481 e. The molecule has 0 bridgehead atoms. The second-order valence-corrected chi connectivity index (χ2v) is 4.63. The standard InChI is InChI=1S/C10H16N2O4/c1-11-4-3-7-10(6-11,5-8(13)14)12(2)9(15)16-7/h7H,3-6H2,1-2H3,(H,13,14). The monoisotopic (exact) mass is 228 g/mol. The zero-order valence-corrected chi connectivity index (χ0v) is 9.47. The molecule has 0 spiro atoms. The van der Waals surface area contributed by atoms with Gasteiger partial charge in [-0.2, -0.15) is 0 Å². The Hall–Kier alpha value is -1.30. The van der Waals surface area contributed by atoms with E-state index in [1.165, 1.54) is 4.90 Å². The predicted octanol–water partition coefficient (Wildman–Crippen LogP) is -0.0140. The van der Waals surface area contributed by atoms with Crippen LogP contribution in [0, 0.1) is 0 Å². The number of hydrogen-bond acceptors (Lipinski definition) is 4. The van der Waals surface area contributed by atoms with Crippen LogP contribution in [-0.2, 0) is 9.53 Å². The second-order valence-electron chi connectivity index (χ2n) is 4.63. The zero-order chi connectivity index (χ0) is 11.9. The fourth-order valence-corrected chi connectivity index (χ4v) is 2.68. The van der Waals surface area contributed by atoms with E-state index in [0.29, 0.717) is 13.0 Å². The number of aliphatic carboxylic acids is 1. The molecule has 0 saturated carbocycles. The van der Waals surface area contributed by atoms with Gasteiger partial charge in [0.05, 0.1) is 6.42 Å².